The molecule has 0 spiro atoms. The molecule has 174 valence electrons. The molecule has 1 fully saturated rings. The van der Waals surface area contributed by atoms with Crippen LogP contribution in [0.4, 0.5) is 10.1 Å². The van der Waals surface area contributed by atoms with Crippen molar-refractivity contribution in [2.75, 3.05) is 24.7 Å². The van der Waals surface area contributed by atoms with Crippen LogP contribution in [0.2, 0.25) is 0 Å². The van der Waals surface area contributed by atoms with Crippen molar-refractivity contribution >= 4 is 47.1 Å². The van der Waals surface area contributed by atoms with E-state index >= 15 is 0 Å². The van der Waals surface area contributed by atoms with Crippen molar-refractivity contribution in [1.29, 1.82) is 0 Å². The standard InChI is InChI=1S/C24H28BFN2O4S/c1-23(2)24(3,4)32-25(31-23)17-12-16-19(13-18(17)28(6)33-7)30-21(20(16)22(29)27-5)14-8-10-15(26)11-9-14/h8-13H,1-7H3,(H,27,29). The number of nitrogens with one attached hydrogen (secondary N) is 1. The molecule has 4 rings (SSSR count). The fourth-order valence-electron chi connectivity index (χ4n) is 3.83. The zero-order valence-corrected chi connectivity index (χ0v) is 20.7. The fourth-order valence-corrected chi connectivity index (χ4v) is 4.19. The highest BCUT2D eigenvalue weighted by atomic mass is 32.2. The van der Waals surface area contributed by atoms with E-state index in [0.717, 1.165) is 11.2 Å². The molecule has 0 saturated carbocycles. The van der Waals surface area contributed by atoms with Crippen molar-refractivity contribution in [3.8, 4) is 11.3 Å². The van der Waals surface area contributed by atoms with E-state index < -0.39 is 18.3 Å². The van der Waals surface area contributed by atoms with Gasteiger partial charge in [0, 0.05) is 42.8 Å². The largest absolute Gasteiger partial charge is 0.497 e. The van der Waals surface area contributed by atoms with E-state index in [-0.39, 0.29) is 11.7 Å². The highest BCUT2D eigenvalue weighted by Crippen LogP contribution is 2.40. The second kappa shape index (κ2) is 8.38. The van der Waals surface area contributed by atoms with Crippen molar-refractivity contribution in [2.45, 2.75) is 38.9 Å². The molecule has 9 heteroatoms. The van der Waals surface area contributed by atoms with Gasteiger partial charge in [-0.25, -0.2) is 4.39 Å². The van der Waals surface area contributed by atoms with E-state index in [9.17, 15) is 9.18 Å². The monoisotopic (exact) mass is 470 g/mol. The highest BCUT2D eigenvalue weighted by molar-refractivity contribution is 7.99. The van der Waals surface area contributed by atoms with Gasteiger partial charge in [0.05, 0.1) is 22.5 Å². The van der Waals surface area contributed by atoms with Crippen LogP contribution in [0.5, 0.6) is 0 Å². The molecule has 33 heavy (non-hydrogen) atoms. The third kappa shape index (κ3) is 4.02. The van der Waals surface area contributed by atoms with E-state index in [1.165, 1.54) is 24.1 Å². The van der Waals surface area contributed by atoms with E-state index in [1.54, 1.807) is 19.2 Å². The lowest BCUT2D eigenvalue weighted by Crippen LogP contribution is -2.41. The first-order valence-corrected chi connectivity index (χ1v) is 11.9. The number of amides is 1. The first kappa shape index (κ1) is 23.7. The average Bonchev–Trinajstić information content (AvgIpc) is 3.25. The summed E-state index contributed by atoms with van der Waals surface area (Å²) in [6, 6.07) is 9.69. The van der Waals surface area contributed by atoms with Crippen LogP contribution < -0.4 is 15.1 Å². The van der Waals surface area contributed by atoms with Crippen LogP contribution in [0.1, 0.15) is 38.1 Å². The molecule has 6 nitrogen and oxygen atoms in total. The predicted molar refractivity (Wildman–Crippen MR) is 133 cm³/mol. The highest BCUT2D eigenvalue weighted by Gasteiger charge is 2.52. The van der Waals surface area contributed by atoms with Gasteiger partial charge >= 0.3 is 7.12 Å². The van der Waals surface area contributed by atoms with Crippen LogP contribution >= 0.6 is 11.9 Å². The summed E-state index contributed by atoms with van der Waals surface area (Å²) in [4.78, 5) is 12.9. The Morgan fingerprint density at radius 2 is 1.70 bits per heavy atom. The van der Waals surface area contributed by atoms with E-state index in [0.29, 0.717) is 27.9 Å². The zero-order valence-electron chi connectivity index (χ0n) is 19.9. The first-order valence-electron chi connectivity index (χ1n) is 10.7. The van der Waals surface area contributed by atoms with Crippen LogP contribution in [0.15, 0.2) is 40.8 Å². The second-order valence-corrected chi connectivity index (χ2v) is 9.98. The zero-order chi connectivity index (χ0) is 24.1. The van der Waals surface area contributed by atoms with Crippen LogP contribution in [0, 0.1) is 5.82 Å². The third-order valence-corrected chi connectivity index (χ3v) is 7.26. The quantitative estimate of drug-likeness (QED) is 0.434. The first-order chi connectivity index (χ1) is 15.5. The topological polar surface area (TPSA) is 63.9 Å². The Morgan fingerprint density at radius 1 is 1.09 bits per heavy atom. The van der Waals surface area contributed by atoms with Crippen molar-refractivity contribution in [1.82, 2.24) is 5.32 Å². The van der Waals surface area contributed by atoms with Crippen LogP contribution in [0.3, 0.4) is 0 Å². The molecule has 1 aromatic heterocycles. The number of fused-ring (bicyclic) bond motifs is 1. The van der Waals surface area contributed by atoms with Gasteiger partial charge in [0.25, 0.3) is 5.91 Å². The van der Waals surface area contributed by atoms with E-state index in [1.807, 2.05) is 57.4 Å². The number of hydrogen-bond donors (Lipinski definition) is 1. The smallest absolute Gasteiger partial charge is 0.455 e. The van der Waals surface area contributed by atoms with Gasteiger partial charge in [0.15, 0.2) is 0 Å². The van der Waals surface area contributed by atoms with Gasteiger partial charge in [0.2, 0.25) is 0 Å². The second-order valence-electron chi connectivity index (χ2n) is 9.07. The summed E-state index contributed by atoms with van der Waals surface area (Å²) in [5.41, 5.74) is 2.18. The summed E-state index contributed by atoms with van der Waals surface area (Å²) in [5.74, 6) is -0.268. The third-order valence-electron chi connectivity index (χ3n) is 6.52. The molecule has 0 radical (unpaired) electrons. The SMILES string of the molecule is CNC(=O)c1c(-c2ccc(F)cc2)oc2cc(N(C)SC)c(B3OC(C)(C)C(C)(C)O3)cc12. The summed E-state index contributed by atoms with van der Waals surface area (Å²) in [7, 11) is 2.90. The maximum Gasteiger partial charge on any atom is 0.497 e. The summed E-state index contributed by atoms with van der Waals surface area (Å²) in [6.45, 7) is 8.02. The molecule has 3 aromatic rings. The van der Waals surface area contributed by atoms with Gasteiger partial charge in [0.1, 0.15) is 17.2 Å². The number of hydrogen-bond acceptors (Lipinski definition) is 6. The Labute approximate surface area is 198 Å². The fraction of sp³-hybridized carbons (Fsp3) is 0.375. The van der Waals surface area contributed by atoms with Crippen molar-refractivity contribution in [3.05, 3.63) is 47.8 Å². The number of furan rings is 1. The van der Waals surface area contributed by atoms with Crippen LogP contribution in [-0.2, 0) is 9.31 Å². The molecular weight excluding hydrogens is 442 g/mol. The van der Waals surface area contributed by atoms with Crippen molar-refractivity contribution in [2.24, 2.45) is 0 Å². The number of carbonyl (C=O) groups excluding carboxylic acids is 1. The normalized spacial score (nSPS) is 16.9. The average molecular weight is 470 g/mol. The molecule has 0 aliphatic carbocycles. The lowest BCUT2D eigenvalue weighted by Gasteiger charge is -2.32. The minimum absolute atomic E-state index is 0.293. The van der Waals surface area contributed by atoms with E-state index in [2.05, 4.69) is 5.32 Å². The molecule has 0 bridgehead atoms. The summed E-state index contributed by atoms with van der Waals surface area (Å²) in [5, 5.41) is 3.33. The Bertz CT molecular complexity index is 1190. The minimum Gasteiger partial charge on any atom is -0.455 e. The van der Waals surface area contributed by atoms with Gasteiger partial charge in [-0.15, -0.1) is 0 Å². The lowest BCUT2D eigenvalue weighted by atomic mass is 9.77. The van der Waals surface area contributed by atoms with Gasteiger partial charge in [-0.3, -0.25) is 4.79 Å². The maximum absolute atomic E-state index is 13.5. The maximum atomic E-state index is 13.5. The number of benzene rings is 2. The summed E-state index contributed by atoms with van der Waals surface area (Å²) >= 11 is 1.54. The molecule has 1 aliphatic heterocycles. The molecule has 1 N–H and O–H groups in total. The number of rotatable bonds is 5. The molecule has 0 unspecified atom stereocenters. The molecular formula is C24H28BFN2O4S. The van der Waals surface area contributed by atoms with Gasteiger partial charge in [-0.2, -0.15) is 0 Å². The molecule has 1 saturated heterocycles. The summed E-state index contributed by atoms with van der Waals surface area (Å²) < 4.78 is 34.4. The van der Waals surface area contributed by atoms with Gasteiger partial charge < -0.3 is 23.3 Å². The Morgan fingerprint density at radius 3 is 2.24 bits per heavy atom. The van der Waals surface area contributed by atoms with Gasteiger partial charge in [-0.05, 0) is 58.0 Å². The Hall–Kier alpha value is -2.49. The van der Waals surface area contributed by atoms with Crippen molar-refractivity contribution < 1.29 is 22.9 Å². The predicted octanol–water partition coefficient (Wildman–Crippen LogP) is 4.61. The van der Waals surface area contributed by atoms with E-state index in [4.69, 9.17) is 13.7 Å². The van der Waals surface area contributed by atoms with Gasteiger partial charge in [-0.1, -0.05) is 11.9 Å². The van der Waals surface area contributed by atoms with Crippen LogP contribution in [0.25, 0.3) is 22.3 Å². The lowest BCUT2D eigenvalue weighted by molar-refractivity contribution is 0.00578. The number of carbonyl (C=O) groups is 1. The molecule has 1 amide bonds. The Balaban J connectivity index is 1.97. The number of anilines is 1. The molecule has 2 aromatic carbocycles. The number of halogens is 1. The molecule has 1 aliphatic rings. The molecule has 0 atom stereocenters. The Kier molecular flexibility index (Phi) is 6.01. The minimum atomic E-state index is -0.620. The molecule has 2 heterocycles. The van der Waals surface area contributed by atoms with Crippen LogP contribution in [-0.4, -0.2) is 44.6 Å². The summed E-state index contributed by atoms with van der Waals surface area (Å²) in [6.07, 6.45) is 1.97. The number of nitrogens with zero attached hydrogens (tertiary/aromatic N) is 1. The van der Waals surface area contributed by atoms with Crippen molar-refractivity contribution in [3.63, 3.8) is 0 Å².